The van der Waals surface area contributed by atoms with Crippen molar-refractivity contribution in [3.8, 4) is 17.0 Å². The molecular formula is C21H25F4NO2. The monoisotopic (exact) mass is 399 g/mol. The summed E-state index contributed by atoms with van der Waals surface area (Å²) >= 11 is 0. The third kappa shape index (κ3) is 5.92. The number of benzene rings is 1. The number of hydrogen-bond donors (Lipinski definition) is 1. The average Bonchev–Trinajstić information content (AvgIpc) is 2.72. The molecule has 0 saturated carbocycles. The molecule has 2 aromatic rings. The second-order valence-corrected chi connectivity index (χ2v) is 6.62. The van der Waals surface area contributed by atoms with E-state index in [1.807, 2.05) is 0 Å². The lowest BCUT2D eigenvalue weighted by Crippen LogP contribution is -2.27. The lowest BCUT2D eigenvalue weighted by Gasteiger charge is -2.13. The van der Waals surface area contributed by atoms with Crippen molar-refractivity contribution in [2.24, 2.45) is 0 Å². The number of aliphatic hydroxyl groups excluding tert-OH is 1. The first-order valence-electron chi connectivity index (χ1n) is 9.43. The summed E-state index contributed by atoms with van der Waals surface area (Å²) in [6.07, 6.45) is 1.69. The molecule has 0 aliphatic carbocycles. The number of rotatable bonds is 11. The van der Waals surface area contributed by atoms with Crippen molar-refractivity contribution in [1.29, 1.82) is 0 Å². The van der Waals surface area contributed by atoms with Gasteiger partial charge in [-0.05, 0) is 37.1 Å². The highest BCUT2D eigenvalue weighted by molar-refractivity contribution is 5.61. The molecule has 0 bridgehead atoms. The van der Waals surface area contributed by atoms with E-state index in [1.54, 1.807) is 0 Å². The third-order valence-corrected chi connectivity index (χ3v) is 4.44. The first-order chi connectivity index (χ1) is 13.5. The van der Waals surface area contributed by atoms with Crippen molar-refractivity contribution in [1.82, 2.24) is 4.98 Å². The fourth-order valence-corrected chi connectivity index (χ4v) is 2.72. The van der Waals surface area contributed by atoms with Crippen LogP contribution < -0.4 is 4.74 Å². The first-order valence-corrected chi connectivity index (χ1v) is 9.43. The highest BCUT2D eigenvalue weighted by Crippen LogP contribution is 2.26. The summed E-state index contributed by atoms with van der Waals surface area (Å²) in [5, 5.41) is 8.56. The number of alkyl halides is 2. The topological polar surface area (TPSA) is 42.4 Å². The quantitative estimate of drug-likeness (QED) is 0.417. The number of unbranched alkanes of at least 4 members (excludes halogenated alkanes) is 3. The average molecular weight is 399 g/mol. The molecule has 1 aromatic carbocycles. The molecular weight excluding hydrogens is 374 g/mol. The van der Waals surface area contributed by atoms with Crippen molar-refractivity contribution in [2.75, 3.05) is 13.2 Å². The van der Waals surface area contributed by atoms with Gasteiger partial charge in [-0.3, -0.25) is 4.98 Å². The minimum absolute atomic E-state index is 0.117. The van der Waals surface area contributed by atoms with E-state index in [0.717, 1.165) is 25.7 Å². The van der Waals surface area contributed by atoms with E-state index in [1.165, 1.54) is 30.5 Å². The standard InChI is InChI=1S/C21H25F4NO2/c1-2-3-4-5-6-15-11-26-21(20(25)19(15)24)14-7-9-16(10-8-14)28-13-18(23)17(22)12-27/h7-11,17-18,27H,2-6,12-13H2,1H3/t17-,18-/m1/s1. The van der Waals surface area contributed by atoms with Crippen LogP contribution in [0.1, 0.15) is 38.2 Å². The first kappa shape index (κ1) is 22.1. The van der Waals surface area contributed by atoms with Crippen LogP contribution in [0.4, 0.5) is 17.6 Å². The van der Waals surface area contributed by atoms with E-state index in [-0.39, 0.29) is 17.0 Å². The molecule has 154 valence electrons. The van der Waals surface area contributed by atoms with E-state index in [0.29, 0.717) is 12.0 Å². The molecule has 0 fully saturated rings. The normalized spacial score (nSPS) is 13.4. The Bertz CT molecular complexity index is 740. The van der Waals surface area contributed by atoms with Crippen LogP contribution in [-0.4, -0.2) is 35.6 Å². The zero-order valence-corrected chi connectivity index (χ0v) is 15.8. The van der Waals surface area contributed by atoms with Crippen molar-refractivity contribution >= 4 is 0 Å². The Balaban J connectivity index is 2.03. The van der Waals surface area contributed by atoms with Crippen molar-refractivity contribution in [3.05, 3.63) is 47.7 Å². The van der Waals surface area contributed by atoms with Gasteiger partial charge in [0.25, 0.3) is 0 Å². The SMILES string of the molecule is CCCCCCc1cnc(-c2ccc(OC[C@@H](F)[C@H](F)CO)cc2)c(F)c1F. The van der Waals surface area contributed by atoms with Gasteiger partial charge in [0.2, 0.25) is 0 Å². The molecule has 0 saturated heterocycles. The number of halogens is 4. The lowest BCUT2D eigenvalue weighted by atomic mass is 10.0. The fourth-order valence-electron chi connectivity index (χ4n) is 2.72. The molecule has 0 amide bonds. The van der Waals surface area contributed by atoms with Gasteiger partial charge in [-0.2, -0.15) is 0 Å². The lowest BCUT2D eigenvalue weighted by molar-refractivity contribution is 0.0661. The van der Waals surface area contributed by atoms with Crippen LogP contribution in [0.2, 0.25) is 0 Å². The summed E-state index contributed by atoms with van der Waals surface area (Å²) in [5.41, 5.74) is 0.488. The summed E-state index contributed by atoms with van der Waals surface area (Å²) in [6.45, 7) is 0.597. The summed E-state index contributed by atoms with van der Waals surface area (Å²) in [5.74, 6) is -1.65. The molecule has 2 rings (SSSR count). The second-order valence-electron chi connectivity index (χ2n) is 6.62. The Morgan fingerprint density at radius 1 is 1.00 bits per heavy atom. The number of aryl methyl sites for hydroxylation is 1. The van der Waals surface area contributed by atoms with Crippen LogP contribution in [0.3, 0.4) is 0 Å². The second kappa shape index (κ2) is 11.0. The van der Waals surface area contributed by atoms with E-state index in [9.17, 15) is 17.6 Å². The number of nitrogens with zero attached hydrogens (tertiary/aromatic N) is 1. The number of ether oxygens (including phenoxy) is 1. The molecule has 0 unspecified atom stereocenters. The molecule has 0 radical (unpaired) electrons. The van der Waals surface area contributed by atoms with Crippen LogP contribution in [0.15, 0.2) is 30.5 Å². The summed E-state index contributed by atoms with van der Waals surface area (Å²) in [6, 6.07) is 5.80. The van der Waals surface area contributed by atoms with Gasteiger partial charge in [0.1, 0.15) is 18.1 Å². The van der Waals surface area contributed by atoms with Crippen molar-refractivity contribution in [2.45, 2.75) is 51.4 Å². The number of hydrogen-bond acceptors (Lipinski definition) is 3. The molecule has 1 N–H and O–H groups in total. The third-order valence-electron chi connectivity index (χ3n) is 4.44. The van der Waals surface area contributed by atoms with Crippen LogP contribution in [-0.2, 0) is 6.42 Å². The maximum absolute atomic E-state index is 14.4. The Labute approximate surface area is 162 Å². The molecule has 0 spiro atoms. The van der Waals surface area contributed by atoms with Gasteiger partial charge in [0.05, 0.1) is 6.61 Å². The van der Waals surface area contributed by atoms with Gasteiger partial charge in [0.15, 0.2) is 24.0 Å². The maximum Gasteiger partial charge on any atom is 0.185 e. The Kier molecular flexibility index (Phi) is 8.70. The van der Waals surface area contributed by atoms with Crippen molar-refractivity contribution < 1.29 is 27.4 Å². The Hall–Kier alpha value is -2.15. The number of aromatic nitrogens is 1. The molecule has 1 aromatic heterocycles. The molecule has 1 heterocycles. The predicted octanol–water partition coefficient (Wildman–Crippen LogP) is 5.20. The molecule has 28 heavy (non-hydrogen) atoms. The zero-order valence-electron chi connectivity index (χ0n) is 15.8. The highest BCUT2D eigenvalue weighted by atomic mass is 19.2. The van der Waals surface area contributed by atoms with Gasteiger partial charge in [-0.1, -0.05) is 26.2 Å². The minimum Gasteiger partial charge on any atom is -0.490 e. The number of pyridine rings is 1. The fraction of sp³-hybridized carbons (Fsp3) is 0.476. The van der Waals surface area contributed by atoms with Gasteiger partial charge in [-0.15, -0.1) is 0 Å². The van der Waals surface area contributed by atoms with E-state index < -0.39 is 37.2 Å². The highest BCUT2D eigenvalue weighted by Gasteiger charge is 2.20. The van der Waals surface area contributed by atoms with E-state index in [2.05, 4.69) is 11.9 Å². The smallest absolute Gasteiger partial charge is 0.185 e. The van der Waals surface area contributed by atoms with Gasteiger partial charge in [0, 0.05) is 17.3 Å². The zero-order chi connectivity index (χ0) is 20.5. The summed E-state index contributed by atoms with van der Waals surface area (Å²) in [4.78, 5) is 4.05. The maximum atomic E-state index is 14.4. The van der Waals surface area contributed by atoms with Crippen LogP contribution >= 0.6 is 0 Å². The minimum atomic E-state index is -2.01. The molecule has 0 aliphatic heterocycles. The predicted molar refractivity (Wildman–Crippen MR) is 99.8 cm³/mol. The largest absolute Gasteiger partial charge is 0.490 e. The van der Waals surface area contributed by atoms with Crippen LogP contribution in [0.5, 0.6) is 5.75 Å². The summed E-state index contributed by atoms with van der Waals surface area (Å²) in [7, 11) is 0. The summed E-state index contributed by atoms with van der Waals surface area (Å²) < 4.78 is 60.1. The van der Waals surface area contributed by atoms with Gasteiger partial charge in [-0.25, -0.2) is 17.6 Å². The molecule has 7 heteroatoms. The van der Waals surface area contributed by atoms with E-state index >= 15 is 0 Å². The molecule has 3 nitrogen and oxygen atoms in total. The Morgan fingerprint density at radius 2 is 1.71 bits per heavy atom. The van der Waals surface area contributed by atoms with Crippen LogP contribution in [0, 0.1) is 11.6 Å². The van der Waals surface area contributed by atoms with Crippen molar-refractivity contribution in [3.63, 3.8) is 0 Å². The van der Waals surface area contributed by atoms with Crippen LogP contribution in [0.25, 0.3) is 11.3 Å². The molecule has 2 atom stereocenters. The van der Waals surface area contributed by atoms with Gasteiger partial charge >= 0.3 is 0 Å². The number of aliphatic hydroxyl groups is 1. The van der Waals surface area contributed by atoms with Gasteiger partial charge < -0.3 is 9.84 Å². The molecule has 0 aliphatic rings. The van der Waals surface area contributed by atoms with E-state index in [4.69, 9.17) is 9.84 Å². The Morgan fingerprint density at radius 3 is 2.36 bits per heavy atom.